The zero-order valence-electron chi connectivity index (χ0n) is 16.4. The van der Waals surface area contributed by atoms with Gasteiger partial charge in [-0.25, -0.2) is 0 Å². The second-order valence-electron chi connectivity index (χ2n) is 7.37. The molecule has 1 saturated heterocycles. The second-order valence-corrected chi connectivity index (χ2v) is 7.37. The number of hydrogen-bond acceptors (Lipinski definition) is 4. The van der Waals surface area contributed by atoms with Gasteiger partial charge in [0.15, 0.2) is 0 Å². The number of carbonyl (C=O) groups excluding carboxylic acids is 2. The van der Waals surface area contributed by atoms with E-state index >= 15 is 0 Å². The van der Waals surface area contributed by atoms with Crippen molar-refractivity contribution in [1.29, 1.82) is 0 Å². The summed E-state index contributed by atoms with van der Waals surface area (Å²) in [6, 6.07) is 22.1. The van der Waals surface area contributed by atoms with E-state index in [1.54, 1.807) is 24.3 Å². The van der Waals surface area contributed by atoms with E-state index in [4.69, 9.17) is 0 Å². The number of rotatable bonds is 4. The van der Waals surface area contributed by atoms with Crippen LogP contribution >= 0.6 is 0 Å². The number of phenolic OH excluding ortho intramolecular Hbond substituents is 1. The average molecular weight is 399 g/mol. The van der Waals surface area contributed by atoms with Crippen molar-refractivity contribution in [2.45, 2.75) is 19.5 Å². The normalized spacial score (nSPS) is 18.0. The summed E-state index contributed by atoms with van der Waals surface area (Å²) >= 11 is 0. The van der Waals surface area contributed by atoms with Crippen LogP contribution in [0.1, 0.15) is 28.3 Å². The molecule has 0 bridgehead atoms. The van der Waals surface area contributed by atoms with Crippen molar-refractivity contribution < 1.29 is 19.8 Å². The topological polar surface area (TPSA) is 77.8 Å². The van der Waals surface area contributed by atoms with E-state index in [9.17, 15) is 19.8 Å². The molecule has 1 unspecified atom stereocenters. The highest BCUT2D eigenvalue weighted by atomic mass is 16.3. The Bertz CT molecular complexity index is 1120. The van der Waals surface area contributed by atoms with Crippen molar-refractivity contribution in [2.75, 3.05) is 0 Å². The first-order chi connectivity index (χ1) is 14.5. The average Bonchev–Trinajstić information content (AvgIpc) is 3.00. The van der Waals surface area contributed by atoms with E-state index in [2.05, 4.69) is 0 Å². The Morgan fingerprint density at radius 2 is 1.53 bits per heavy atom. The Morgan fingerprint density at radius 3 is 2.17 bits per heavy atom. The van der Waals surface area contributed by atoms with Crippen molar-refractivity contribution in [2.24, 2.45) is 0 Å². The van der Waals surface area contributed by atoms with E-state index in [1.807, 2.05) is 49.4 Å². The summed E-state index contributed by atoms with van der Waals surface area (Å²) in [7, 11) is 0. The molecule has 0 spiro atoms. The zero-order chi connectivity index (χ0) is 21.3. The van der Waals surface area contributed by atoms with E-state index < -0.39 is 17.7 Å². The molecule has 1 amide bonds. The number of ketones is 1. The molecular formula is C25H21NO4. The van der Waals surface area contributed by atoms with Gasteiger partial charge < -0.3 is 15.1 Å². The minimum atomic E-state index is -0.757. The van der Waals surface area contributed by atoms with E-state index in [0.717, 1.165) is 11.1 Å². The smallest absolute Gasteiger partial charge is 0.295 e. The zero-order valence-corrected chi connectivity index (χ0v) is 16.4. The molecule has 1 aliphatic heterocycles. The summed E-state index contributed by atoms with van der Waals surface area (Å²) in [5.41, 5.74) is 3.05. The summed E-state index contributed by atoms with van der Waals surface area (Å²) in [6.45, 7) is 2.15. The van der Waals surface area contributed by atoms with Crippen LogP contribution in [0.2, 0.25) is 0 Å². The number of carbonyl (C=O) groups is 2. The highest BCUT2D eigenvalue weighted by Gasteiger charge is 2.46. The standard InChI is InChI=1S/C25H21NO4/c1-16-7-9-19(10-8-16)23(28)21-22(18-11-13-20(27)14-12-18)26(25(30)24(21)29)15-17-5-3-2-4-6-17/h2-14,22,27-28H,15H2,1H3/b23-21+. The highest BCUT2D eigenvalue weighted by molar-refractivity contribution is 6.46. The predicted octanol–water partition coefficient (Wildman–Crippen LogP) is 4.32. The fraction of sp³-hybridized carbons (Fsp3) is 0.120. The lowest BCUT2D eigenvalue weighted by atomic mass is 9.95. The highest BCUT2D eigenvalue weighted by Crippen LogP contribution is 2.40. The third-order valence-electron chi connectivity index (χ3n) is 5.27. The van der Waals surface area contributed by atoms with Gasteiger partial charge in [-0.05, 0) is 30.2 Å². The lowest BCUT2D eigenvalue weighted by molar-refractivity contribution is -0.140. The number of aliphatic hydroxyl groups excluding tert-OH is 1. The maximum Gasteiger partial charge on any atom is 0.295 e. The molecule has 150 valence electrons. The number of benzene rings is 3. The largest absolute Gasteiger partial charge is 0.508 e. The molecule has 3 aromatic rings. The first-order valence-corrected chi connectivity index (χ1v) is 9.64. The molecule has 3 aromatic carbocycles. The fourth-order valence-corrected chi connectivity index (χ4v) is 3.69. The number of nitrogens with zero attached hydrogens (tertiary/aromatic N) is 1. The quantitative estimate of drug-likeness (QED) is 0.389. The van der Waals surface area contributed by atoms with Gasteiger partial charge in [0.1, 0.15) is 11.5 Å². The van der Waals surface area contributed by atoms with Crippen LogP contribution in [0, 0.1) is 6.92 Å². The number of aliphatic hydroxyl groups is 1. The van der Waals surface area contributed by atoms with Gasteiger partial charge in [0.05, 0.1) is 11.6 Å². The minimum Gasteiger partial charge on any atom is -0.508 e. The van der Waals surface area contributed by atoms with Crippen molar-refractivity contribution in [3.05, 3.63) is 107 Å². The van der Waals surface area contributed by atoms with Gasteiger partial charge in [0.25, 0.3) is 11.7 Å². The maximum atomic E-state index is 13.0. The monoisotopic (exact) mass is 399 g/mol. The molecule has 30 heavy (non-hydrogen) atoms. The van der Waals surface area contributed by atoms with Gasteiger partial charge in [0.2, 0.25) is 0 Å². The molecule has 0 aromatic heterocycles. The van der Waals surface area contributed by atoms with E-state index in [-0.39, 0.29) is 23.6 Å². The van der Waals surface area contributed by atoms with Crippen LogP contribution in [0.3, 0.4) is 0 Å². The van der Waals surface area contributed by atoms with Crippen LogP contribution in [0.4, 0.5) is 0 Å². The number of amides is 1. The molecule has 0 radical (unpaired) electrons. The number of aromatic hydroxyl groups is 1. The van der Waals surface area contributed by atoms with Crippen LogP contribution in [0.25, 0.3) is 5.76 Å². The third kappa shape index (κ3) is 3.57. The maximum absolute atomic E-state index is 13.0. The van der Waals surface area contributed by atoms with E-state index in [0.29, 0.717) is 11.1 Å². The number of phenols is 1. The van der Waals surface area contributed by atoms with Crippen LogP contribution in [-0.2, 0) is 16.1 Å². The molecule has 1 fully saturated rings. The van der Waals surface area contributed by atoms with Crippen molar-refractivity contribution in [3.63, 3.8) is 0 Å². The minimum absolute atomic E-state index is 0.0467. The van der Waals surface area contributed by atoms with Gasteiger partial charge >= 0.3 is 0 Å². The summed E-state index contributed by atoms with van der Waals surface area (Å²) in [5.74, 6) is -1.51. The van der Waals surface area contributed by atoms with E-state index in [1.165, 1.54) is 17.0 Å². The molecular weight excluding hydrogens is 378 g/mol. The first-order valence-electron chi connectivity index (χ1n) is 9.64. The number of Topliss-reactive ketones (excluding diaryl/α,β-unsaturated/α-hetero) is 1. The first kappa shape index (κ1) is 19.5. The second kappa shape index (κ2) is 7.87. The lowest BCUT2D eigenvalue weighted by Crippen LogP contribution is -2.29. The SMILES string of the molecule is Cc1ccc(/C(O)=C2\C(=O)C(=O)N(Cc3ccccc3)C2c2ccc(O)cc2)cc1. The molecule has 5 nitrogen and oxygen atoms in total. The van der Waals surface area contributed by atoms with Gasteiger partial charge in [-0.1, -0.05) is 72.3 Å². The fourth-order valence-electron chi connectivity index (χ4n) is 3.69. The summed E-state index contributed by atoms with van der Waals surface area (Å²) in [5, 5.41) is 20.7. The third-order valence-corrected chi connectivity index (χ3v) is 5.27. The van der Waals surface area contributed by atoms with Crippen molar-refractivity contribution in [1.82, 2.24) is 4.90 Å². The molecule has 1 atom stereocenters. The molecule has 0 aliphatic carbocycles. The van der Waals surface area contributed by atoms with Crippen LogP contribution in [0.5, 0.6) is 5.75 Å². The Hall–Kier alpha value is -3.86. The lowest BCUT2D eigenvalue weighted by Gasteiger charge is -2.25. The Labute approximate surface area is 174 Å². The molecule has 2 N–H and O–H groups in total. The number of hydrogen-bond donors (Lipinski definition) is 2. The van der Waals surface area contributed by atoms with Crippen molar-refractivity contribution >= 4 is 17.4 Å². The van der Waals surface area contributed by atoms with Crippen molar-refractivity contribution in [3.8, 4) is 5.75 Å². The molecule has 5 heteroatoms. The van der Waals surface area contributed by atoms with Gasteiger partial charge in [0, 0.05) is 12.1 Å². The Kier molecular flexibility index (Phi) is 5.11. The Balaban J connectivity index is 1.85. The summed E-state index contributed by atoms with van der Waals surface area (Å²) < 4.78 is 0. The van der Waals surface area contributed by atoms with Crippen LogP contribution in [-0.4, -0.2) is 26.8 Å². The van der Waals surface area contributed by atoms with Gasteiger partial charge in [-0.15, -0.1) is 0 Å². The van der Waals surface area contributed by atoms with Gasteiger partial charge in [-0.3, -0.25) is 9.59 Å². The van der Waals surface area contributed by atoms with Crippen LogP contribution in [0.15, 0.2) is 84.4 Å². The number of aryl methyl sites for hydroxylation is 1. The number of likely N-dealkylation sites (tertiary alicyclic amines) is 1. The molecule has 0 saturated carbocycles. The molecule has 1 heterocycles. The Morgan fingerprint density at radius 1 is 0.900 bits per heavy atom. The molecule has 4 rings (SSSR count). The van der Waals surface area contributed by atoms with Gasteiger partial charge in [-0.2, -0.15) is 0 Å². The van der Waals surface area contributed by atoms with Crippen LogP contribution < -0.4 is 0 Å². The summed E-state index contributed by atoms with van der Waals surface area (Å²) in [4.78, 5) is 27.4. The molecule has 1 aliphatic rings. The summed E-state index contributed by atoms with van der Waals surface area (Å²) in [6.07, 6.45) is 0. The predicted molar refractivity (Wildman–Crippen MR) is 114 cm³/mol.